The molecule has 2 N–H and O–H groups in total. The first-order valence-corrected chi connectivity index (χ1v) is 7.27. The SMILES string of the molecule is Nc1ccc(SCC2COc3ccccc3O2)c(F)c1. The molecular weight excluding hydrogens is 277 g/mol. The van der Waals surface area contributed by atoms with Gasteiger partial charge in [-0.2, -0.15) is 0 Å². The minimum absolute atomic E-state index is 0.0909. The van der Waals surface area contributed by atoms with Crippen LogP contribution in [0.1, 0.15) is 0 Å². The number of hydrogen-bond acceptors (Lipinski definition) is 4. The van der Waals surface area contributed by atoms with E-state index < -0.39 is 0 Å². The van der Waals surface area contributed by atoms with Crippen LogP contribution in [-0.4, -0.2) is 18.5 Å². The first-order valence-electron chi connectivity index (χ1n) is 6.28. The van der Waals surface area contributed by atoms with Crippen LogP contribution >= 0.6 is 11.8 Å². The van der Waals surface area contributed by atoms with Gasteiger partial charge in [0, 0.05) is 16.3 Å². The Bertz CT molecular complexity index is 621. The van der Waals surface area contributed by atoms with Gasteiger partial charge in [0.1, 0.15) is 18.5 Å². The minimum Gasteiger partial charge on any atom is -0.486 e. The summed E-state index contributed by atoms with van der Waals surface area (Å²) in [6, 6.07) is 12.3. The molecule has 1 unspecified atom stereocenters. The van der Waals surface area contributed by atoms with Crippen molar-refractivity contribution in [2.45, 2.75) is 11.0 Å². The van der Waals surface area contributed by atoms with Gasteiger partial charge in [-0.05, 0) is 30.3 Å². The molecule has 3 nitrogen and oxygen atoms in total. The lowest BCUT2D eigenvalue weighted by Crippen LogP contribution is -2.31. The van der Waals surface area contributed by atoms with Gasteiger partial charge < -0.3 is 15.2 Å². The molecule has 3 rings (SSSR count). The van der Waals surface area contributed by atoms with Crippen molar-refractivity contribution in [2.75, 3.05) is 18.1 Å². The maximum atomic E-state index is 13.7. The zero-order chi connectivity index (χ0) is 13.9. The van der Waals surface area contributed by atoms with Gasteiger partial charge in [-0.15, -0.1) is 11.8 Å². The fourth-order valence-electron chi connectivity index (χ4n) is 1.96. The molecule has 0 saturated heterocycles. The number of halogens is 1. The summed E-state index contributed by atoms with van der Waals surface area (Å²) in [5.74, 6) is 1.82. The average molecular weight is 291 g/mol. The molecule has 5 heteroatoms. The first kappa shape index (κ1) is 13.1. The molecule has 0 spiro atoms. The van der Waals surface area contributed by atoms with E-state index in [9.17, 15) is 4.39 Å². The summed E-state index contributed by atoms with van der Waals surface area (Å²) in [5.41, 5.74) is 5.95. The Morgan fingerprint density at radius 3 is 2.80 bits per heavy atom. The summed E-state index contributed by atoms with van der Waals surface area (Å²) in [4.78, 5) is 0.571. The number of ether oxygens (including phenoxy) is 2. The van der Waals surface area contributed by atoms with E-state index in [0.29, 0.717) is 22.9 Å². The fraction of sp³-hybridized carbons (Fsp3) is 0.200. The van der Waals surface area contributed by atoms with Crippen molar-refractivity contribution in [1.82, 2.24) is 0 Å². The third-order valence-corrected chi connectivity index (χ3v) is 4.13. The number of nitrogens with two attached hydrogens (primary N) is 1. The third-order valence-electron chi connectivity index (χ3n) is 2.95. The molecule has 0 amide bonds. The largest absolute Gasteiger partial charge is 0.486 e. The fourth-order valence-corrected chi connectivity index (χ4v) is 2.85. The van der Waals surface area contributed by atoms with Crippen LogP contribution < -0.4 is 15.2 Å². The van der Waals surface area contributed by atoms with Gasteiger partial charge in [0.2, 0.25) is 0 Å². The van der Waals surface area contributed by atoms with E-state index >= 15 is 0 Å². The Labute approximate surface area is 120 Å². The van der Waals surface area contributed by atoms with Crippen LogP contribution in [0.2, 0.25) is 0 Å². The van der Waals surface area contributed by atoms with E-state index in [4.69, 9.17) is 15.2 Å². The summed E-state index contributed by atoms with van der Waals surface area (Å²) in [7, 11) is 0. The van der Waals surface area contributed by atoms with Crippen LogP contribution in [0, 0.1) is 5.82 Å². The Morgan fingerprint density at radius 2 is 2.00 bits per heavy atom. The van der Waals surface area contributed by atoms with Crippen molar-refractivity contribution in [1.29, 1.82) is 0 Å². The lowest BCUT2D eigenvalue weighted by molar-refractivity contribution is 0.107. The molecule has 0 saturated carbocycles. The average Bonchev–Trinajstić information content (AvgIpc) is 2.46. The lowest BCUT2D eigenvalue weighted by Gasteiger charge is -2.26. The van der Waals surface area contributed by atoms with Gasteiger partial charge in [-0.25, -0.2) is 4.39 Å². The predicted molar refractivity (Wildman–Crippen MR) is 77.9 cm³/mol. The Balaban J connectivity index is 1.63. The monoisotopic (exact) mass is 291 g/mol. The zero-order valence-electron chi connectivity index (χ0n) is 10.7. The van der Waals surface area contributed by atoms with E-state index in [0.717, 1.165) is 11.5 Å². The van der Waals surface area contributed by atoms with Gasteiger partial charge in [0.25, 0.3) is 0 Å². The van der Waals surface area contributed by atoms with Crippen LogP contribution in [0.5, 0.6) is 11.5 Å². The number of nitrogen functional groups attached to an aromatic ring is 1. The van der Waals surface area contributed by atoms with Crippen LogP contribution in [0.15, 0.2) is 47.4 Å². The molecule has 0 fully saturated rings. The summed E-state index contributed by atoms with van der Waals surface area (Å²) >= 11 is 1.40. The number of anilines is 1. The van der Waals surface area contributed by atoms with Crippen LogP contribution in [0.3, 0.4) is 0 Å². The molecule has 2 aromatic rings. The van der Waals surface area contributed by atoms with Crippen LogP contribution in [0.4, 0.5) is 10.1 Å². The molecule has 1 aliphatic heterocycles. The molecule has 1 aliphatic rings. The minimum atomic E-state index is -0.299. The van der Waals surface area contributed by atoms with Crippen molar-refractivity contribution in [2.24, 2.45) is 0 Å². The quantitative estimate of drug-likeness (QED) is 0.696. The Kier molecular flexibility index (Phi) is 3.69. The molecule has 0 aromatic heterocycles. The highest BCUT2D eigenvalue weighted by Gasteiger charge is 2.21. The van der Waals surface area contributed by atoms with Crippen LogP contribution in [0.25, 0.3) is 0 Å². The summed E-state index contributed by atoms with van der Waals surface area (Å²) in [5, 5.41) is 0. The maximum absolute atomic E-state index is 13.7. The third kappa shape index (κ3) is 2.82. The normalized spacial score (nSPS) is 16.9. The first-order chi connectivity index (χ1) is 9.72. The molecule has 20 heavy (non-hydrogen) atoms. The number of hydrogen-bond donors (Lipinski definition) is 1. The highest BCUT2D eigenvalue weighted by atomic mass is 32.2. The van der Waals surface area contributed by atoms with Crippen molar-refractivity contribution in [3.05, 3.63) is 48.3 Å². The van der Waals surface area contributed by atoms with E-state index in [-0.39, 0.29) is 11.9 Å². The molecule has 0 bridgehead atoms. The summed E-state index contributed by atoms with van der Waals surface area (Å²) < 4.78 is 25.1. The van der Waals surface area contributed by atoms with E-state index in [1.54, 1.807) is 12.1 Å². The van der Waals surface area contributed by atoms with Crippen molar-refractivity contribution < 1.29 is 13.9 Å². The number of para-hydroxylation sites is 2. The smallest absolute Gasteiger partial charge is 0.161 e. The molecule has 0 radical (unpaired) electrons. The second-order valence-electron chi connectivity index (χ2n) is 4.50. The van der Waals surface area contributed by atoms with Gasteiger partial charge in [-0.3, -0.25) is 0 Å². The molecule has 2 aromatic carbocycles. The second-order valence-corrected chi connectivity index (χ2v) is 5.56. The zero-order valence-corrected chi connectivity index (χ0v) is 11.5. The standard InChI is InChI=1S/C15H14FNO2S/c16-12-7-10(17)5-6-15(12)20-9-11-8-18-13-3-1-2-4-14(13)19-11/h1-7,11H,8-9,17H2. The van der Waals surface area contributed by atoms with Gasteiger partial charge in [0.15, 0.2) is 11.5 Å². The maximum Gasteiger partial charge on any atom is 0.161 e. The molecule has 0 aliphatic carbocycles. The molecule has 104 valence electrons. The van der Waals surface area contributed by atoms with E-state index in [1.165, 1.54) is 17.8 Å². The Hall–Kier alpha value is -1.88. The van der Waals surface area contributed by atoms with E-state index in [2.05, 4.69) is 0 Å². The predicted octanol–water partition coefficient (Wildman–Crippen LogP) is 3.34. The summed E-state index contributed by atoms with van der Waals surface area (Å²) in [6.45, 7) is 0.473. The molecule has 1 heterocycles. The molecular formula is C15H14FNO2S. The highest BCUT2D eigenvalue weighted by molar-refractivity contribution is 7.99. The highest BCUT2D eigenvalue weighted by Crippen LogP contribution is 2.33. The number of fused-ring (bicyclic) bond motifs is 1. The summed E-state index contributed by atoms with van der Waals surface area (Å²) in [6.07, 6.45) is -0.0909. The van der Waals surface area contributed by atoms with Crippen molar-refractivity contribution in [3.63, 3.8) is 0 Å². The number of benzene rings is 2. The van der Waals surface area contributed by atoms with E-state index in [1.807, 2.05) is 24.3 Å². The topological polar surface area (TPSA) is 44.5 Å². The van der Waals surface area contributed by atoms with Crippen molar-refractivity contribution in [3.8, 4) is 11.5 Å². The second kappa shape index (κ2) is 5.63. The van der Waals surface area contributed by atoms with Crippen molar-refractivity contribution >= 4 is 17.4 Å². The molecule has 1 atom stereocenters. The van der Waals surface area contributed by atoms with Gasteiger partial charge >= 0.3 is 0 Å². The number of rotatable bonds is 3. The van der Waals surface area contributed by atoms with Crippen LogP contribution in [-0.2, 0) is 0 Å². The Morgan fingerprint density at radius 1 is 1.20 bits per heavy atom. The lowest BCUT2D eigenvalue weighted by atomic mass is 10.3. The van der Waals surface area contributed by atoms with Gasteiger partial charge in [-0.1, -0.05) is 12.1 Å². The number of thioether (sulfide) groups is 1. The van der Waals surface area contributed by atoms with Gasteiger partial charge in [0.05, 0.1) is 0 Å².